The smallest absolute Gasteiger partial charge is 0.137 e. The van der Waals surface area contributed by atoms with E-state index in [1.54, 1.807) is 6.21 Å². The van der Waals surface area contributed by atoms with E-state index in [0.29, 0.717) is 13.2 Å². The molecule has 3 aromatic rings. The maximum absolute atomic E-state index is 6.16. The molecule has 5 rings (SSSR count). The highest BCUT2D eigenvalue weighted by Crippen LogP contribution is 2.31. The van der Waals surface area contributed by atoms with Crippen molar-refractivity contribution in [3.63, 3.8) is 0 Å². The molecule has 0 saturated carbocycles. The Morgan fingerprint density at radius 1 is 1.14 bits per heavy atom. The van der Waals surface area contributed by atoms with Gasteiger partial charge in [-0.2, -0.15) is 5.10 Å². The summed E-state index contributed by atoms with van der Waals surface area (Å²) in [4.78, 5) is 4.40. The molecule has 0 aliphatic carbocycles. The van der Waals surface area contributed by atoms with E-state index in [-0.39, 0.29) is 0 Å². The zero-order valence-corrected chi connectivity index (χ0v) is 15.9. The van der Waals surface area contributed by atoms with Crippen LogP contribution in [0.3, 0.4) is 0 Å². The van der Waals surface area contributed by atoms with Gasteiger partial charge in [-0.05, 0) is 23.8 Å². The Bertz CT molecular complexity index is 1170. The van der Waals surface area contributed by atoms with Crippen LogP contribution in [0.2, 0.25) is 0 Å². The van der Waals surface area contributed by atoms with E-state index in [1.807, 2.05) is 41.2 Å². The molecule has 3 heterocycles. The summed E-state index contributed by atoms with van der Waals surface area (Å²) in [6.07, 6.45) is 7.29. The Morgan fingerprint density at radius 2 is 2.03 bits per heavy atom. The average molecular weight is 380 g/mol. The van der Waals surface area contributed by atoms with Gasteiger partial charge in [0, 0.05) is 29.1 Å². The fraction of sp³-hybridized carbons (Fsp3) is 0.0833. The third kappa shape index (κ3) is 3.27. The molecule has 0 atom stereocenters. The molecular formula is C24H20N4O. The Labute approximate surface area is 169 Å². The minimum Gasteiger partial charge on any atom is -0.487 e. The Hall–Kier alpha value is -3.86. The van der Waals surface area contributed by atoms with E-state index in [1.165, 1.54) is 0 Å². The Morgan fingerprint density at radius 3 is 2.83 bits per heavy atom. The lowest BCUT2D eigenvalue weighted by Gasteiger charge is -2.13. The number of allylic oxidation sites excluding steroid dienone is 3. The van der Waals surface area contributed by atoms with Crippen LogP contribution in [-0.4, -0.2) is 16.0 Å². The van der Waals surface area contributed by atoms with Gasteiger partial charge in [-0.3, -0.25) is 4.68 Å². The van der Waals surface area contributed by atoms with Crippen molar-refractivity contribution >= 4 is 11.8 Å². The lowest BCUT2D eigenvalue weighted by molar-refractivity contribution is 0.301. The highest BCUT2D eigenvalue weighted by Gasteiger charge is 2.18. The first kappa shape index (κ1) is 17.3. The van der Waals surface area contributed by atoms with E-state index in [0.717, 1.165) is 45.2 Å². The average Bonchev–Trinajstić information content (AvgIpc) is 3.10. The largest absolute Gasteiger partial charge is 0.487 e. The molecule has 5 nitrogen and oxygen atoms in total. The van der Waals surface area contributed by atoms with E-state index in [4.69, 9.17) is 9.84 Å². The van der Waals surface area contributed by atoms with Crippen LogP contribution >= 0.6 is 0 Å². The van der Waals surface area contributed by atoms with E-state index in [9.17, 15) is 0 Å². The van der Waals surface area contributed by atoms with Crippen molar-refractivity contribution in [1.29, 1.82) is 0 Å². The Balaban J connectivity index is 1.47. The molecule has 0 saturated heterocycles. The first-order valence-corrected chi connectivity index (χ1v) is 9.52. The van der Waals surface area contributed by atoms with Gasteiger partial charge in [0.05, 0.1) is 17.9 Å². The fourth-order valence-electron chi connectivity index (χ4n) is 3.58. The van der Waals surface area contributed by atoms with Crippen molar-refractivity contribution in [1.82, 2.24) is 15.1 Å². The summed E-state index contributed by atoms with van der Waals surface area (Å²) in [7, 11) is 0. The highest BCUT2D eigenvalue weighted by molar-refractivity contribution is 5.81. The predicted molar refractivity (Wildman–Crippen MR) is 115 cm³/mol. The van der Waals surface area contributed by atoms with Crippen molar-refractivity contribution in [2.24, 2.45) is 4.99 Å². The van der Waals surface area contributed by atoms with Crippen LogP contribution in [-0.2, 0) is 13.2 Å². The summed E-state index contributed by atoms with van der Waals surface area (Å²) in [5.41, 5.74) is 6.19. The quantitative estimate of drug-likeness (QED) is 0.726. The standard InChI is InChI=1S/C24H20N4O/c1-2-21(24-25-11-6-12-26-24)18-9-10-19-15-28-20(16-29-23(19)13-18)14-22(27-28)17-7-4-3-5-8-17/h2-14,25H,1,15-16H2/b24-21-. The second-order valence-corrected chi connectivity index (χ2v) is 6.90. The van der Waals surface area contributed by atoms with Crippen molar-refractivity contribution in [2.45, 2.75) is 13.2 Å². The van der Waals surface area contributed by atoms with Crippen LogP contribution < -0.4 is 10.1 Å². The zero-order chi connectivity index (χ0) is 19.6. The first-order chi connectivity index (χ1) is 14.3. The van der Waals surface area contributed by atoms with Gasteiger partial charge < -0.3 is 10.1 Å². The third-order valence-corrected chi connectivity index (χ3v) is 5.07. The number of aliphatic imine (C=N–C) groups is 1. The van der Waals surface area contributed by atoms with Gasteiger partial charge in [-0.15, -0.1) is 0 Å². The van der Waals surface area contributed by atoms with E-state index < -0.39 is 0 Å². The lowest BCUT2D eigenvalue weighted by atomic mass is 10.0. The van der Waals surface area contributed by atoms with Crippen LogP contribution in [0.15, 0.2) is 90.3 Å². The molecule has 0 spiro atoms. The fourth-order valence-corrected chi connectivity index (χ4v) is 3.58. The second kappa shape index (κ2) is 7.28. The van der Waals surface area contributed by atoms with Crippen LogP contribution in [0.4, 0.5) is 0 Å². The monoisotopic (exact) mass is 380 g/mol. The lowest BCUT2D eigenvalue weighted by Crippen LogP contribution is -2.08. The van der Waals surface area contributed by atoms with E-state index >= 15 is 0 Å². The zero-order valence-electron chi connectivity index (χ0n) is 15.9. The predicted octanol–water partition coefficient (Wildman–Crippen LogP) is 4.53. The number of ether oxygens (including phenoxy) is 1. The second-order valence-electron chi connectivity index (χ2n) is 6.90. The molecule has 2 aromatic carbocycles. The van der Waals surface area contributed by atoms with Gasteiger partial charge in [0.15, 0.2) is 0 Å². The molecule has 0 fully saturated rings. The molecule has 0 unspecified atom stereocenters. The van der Waals surface area contributed by atoms with Gasteiger partial charge in [0.2, 0.25) is 0 Å². The number of nitrogens with one attached hydrogen (secondary N) is 1. The summed E-state index contributed by atoms with van der Waals surface area (Å²) in [6.45, 7) is 5.11. The number of benzene rings is 2. The molecule has 0 bridgehead atoms. The number of aromatic nitrogens is 2. The van der Waals surface area contributed by atoms with Crippen molar-refractivity contribution in [3.8, 4) is 17.0 Å². The van der Waals surface area contributed by atoms with E-state index in [2.05, 4.69) is 53.3 Å². The maximum atomic E-state index is 6.16. The SMILES string of the molecule is C=C/C(=C1/N=CC=CN1)c1ccc2c(c1)OCc1cc(-c3ccccc3)nn1C2. The number of hydrogen-bond donors (Lipinski definition) is 1. The van der Waals surface area contributed by atoms with Gasteiger partial charge in [0.1, 0.15) is 18.2 Å². The molecule has 0 amide bonds. The topological polar surface area (TPSA) is 51.4 Å². The summed E-state index contributed by atoms with van der Waals surface area (Å²) in [5, 5.41) is 7.97. The number of nitrogens with zero attached hydrogens (tertiary/aromatic N) is 3. The minimum atomic E-state index is 0.482. The summed E-state index contributed by atoms with van der Waals surface area (Å²) >= 11 is 0. The van der Waals surface area contributed by atoms with Crippen LogP contribution in [0.25, 0.3) is 16.8 Å². The van der Waals surface area contributed by atoms with Crippen molar-refractivity contribution in [2.75, 3.05) is 0 Å². The minimum absolute atomic E-state index is 0.482. The van der Waals surface area contributed by atoms with Crippen LogP contribution in [0.5, 0.6) is 5.75 Å². The molecule has 5 heteroatoms. The number of hydrogen-bond acceptors (Lipinski definition) is 4. The highest BCUT2D eigenvalue weighted by atomic mass is 16.5. The van der Waals surface area contributed by atoms with Crippen molar-refractivity contribution < 1.29 is 4.74 Å². The maximum Gasteiger partial charge on any atom is 0.137 e. The summed E-state index contributed by atoms with van der Waals surface area (Å²) in [5.74, 6) is 1.64. The van der Waals surface area contributed by atoms with Gasteiger partial charge in [0.25, 0.3) is 0 Å². The van der Waals surface area contributed by atoms with Crippen molar-refractivity contribution in [3.05, 3.63) is 102 Å². The molecule has 0 radical (unpaired) electrons. The van der Waals surface area contributed by atoms with Crippen LogP contribution in [0.1, 0.15) is 16.8 Å². The normalized spacial score (nSPS) is 16.1. The molecule has 29 heavy (non-hydrogen) atoms. The molecule has 1 aromatic heterocycles. The van der Waals surface area contributed by atoms with Gasteiger partial charge in [-0.25, -0.2) is 4.99 Å². The Kier molecular flexibility index (Phi) is 4.33. The summed E-state index contributed by atoms with van der Waals surface area (Å²) < 4.78 is 8.18. The summed E-state index contributed by atoms with van der Waals surface area (Å²) in [6, 6.07) is 18.5. The first-order valence-electron chi connectivity index (χ1n) is 9.52. The number of rotatable bonds is 3. The molecule has 1 N–H and O–H groups in total. The van der Waals surface area contributed by atoms with Crippen LogP contribution in [0, 0.1) is 0 Å². The molecular weight excluding hydrogens is 360 g/mol. The number of fused-ring (bicyclic) bond motifs is 2. The molecule has 2 aliphatic rings. The molecule has 142 valence electrons. The molecule has 2 aliphatic heterocycles. The van der Waals surface area contributed by atoms with Gasteiger partial charge >= 0.3 is 0 Å². The van der Waals surface area contributed by atoms with Gasteiger partial charge in [-0.1, -0.05) is 55.1 Å². The third-order valence-electron chi connectivity index (χ3n) is 5.07.